The monoisotopic (exact) mass is 655 g/mol. The second kappa shape index (κ2) is 11.3. The van der Waals surface area contributed by atoms with Crippen molar-refractivity contribution in [3.05, 3.63) is 82.8 Å². The summed E-state index contributed by atoms with van der Waals surface area (Å²) in [5.74, 6) is -9.67. The number of fused-ring (bicyclic) bond motifs is 2. The first kappa shape index (κ1) is 30.8. The van der Waals surface area contributed by atoms with Gasteiger partial charge in [0, 0.05) is 55.4 Å². The lowest BCUT2D eigenvalue weighted by atomic mass is 10.0. The molecule has 0 saturated carbocycles. The first-order chi connectivity index (χ1) is 21.3. The van der Waals surface area contributed by atoms with Gasteiger partial charge in [-0.05, 0) is 17.9 Å². The largest absolute Gasteiger partial charge is 0.497 e. The van der Waals surface area contributed by atoms with Crippen molar-refractivity contribution in [3.63, 3.8) is 0 Å². The van der Waals surface area contributed by atoms with E-state index in [9.17, 15) is 39.2 Å². The molecular weight excluding hydrogens is 631 g/mol. The molecule has 0 atom stereocenters. The number of hydrogen-bond acceptors (Lipinski definition) is 7. The van der Waals surface area contributed by atoms with Gasteiger partial charge in [-0.25, -0.2) is 35.9 Å². The molecule has 0 radical (unpaired) electrons. The van der Waals surface area contributed by atoms with Crippen molar-refractivity contribution in [3.8, 4) is 5.75 Å². The number of hydrogen-bond donors (Lipinski definition) is 0. The second-order valence-electron chi connectivity index (χ2n) is 10.5. The van der Waals surface area contributed by atoms with Crippen molar-refractivity contribution >= 4 is 32.3 Å². The fourth-order valence-corrected chi connectivity index (χ4v) is 7.52. The van der Waals surface area contributed by atoms with Gasteiger partial charge in [0.05, 0.1) is 19.3 Å². The number of methoxy groups -OCH3 is 1. The fourth-order valence-electron chi connectivity index (χ4n) is 5.83. The molecular formula is C29H24F7N5O3S. The molecule has 1 saturated heterocycles. The lowest BCUT2D eigenvalue weighted by molar-refractivity contribution is -0.143. The number of sulfonamides is 1. The zero-order chi connectivity index (χ0) is 32.3. The molecule has 4 aromatic rings. The average molecular weight is 656 g/mol. The van der Waals surface area contributed by atoms with E-state index in [2.05, 4.69) is 14.9 Å². The van der Waals surface area contributed by atoms with E-state index in [-0.39, 0.29) is 13.1 Å². The Hall–Kier alpha value is -4.18. The molecule has 0 N–H and O–H groups in total. The highest BCUT2D eigenvalue weighted by molar-refractivity contribution is 7.89. The summed E-state index contributed by atoms with van der Waals surface area (Å²) in [5.41, 5.74) is -0.235. The predicted molar refractivity (Wildman–Crippen MR) is 150 cm³/mol. The van der Waals surface area contributed by atoms with Crippen molar-refractivity contribution in [2.75, 3.05) is 49.6 Å². The number of aromatic nitrogens is 2. The van der Waals surface area contributed by atoms with Gasteiger partial charge in [-0.3, -0.25) is 0 Å². The lowest BCUT2D eigenvalue weighted by Gasteiger charge is -2.37. The molecule has 6 rings (SSSR count). The molecule has 238 valence electrons. The lowest BCUT2D eigenvalue weighted by Crippen LogP contribution is -2.50. The van der Waals surface area contributed by atoms with Crippen LogP contribution < -0.4 is 14.5 Å². The molecule has 3 aromatic carbocycles. The maximum atomic E-state index is 14.6. The van der Waals surface area contributed by atoms with Gasteiger partial charge in [-0.2, -0.15) is 17.5 Å². The molecule has 0 bridgehead atoms. The summed E-state index contributed by atoms with van der Waals surface area (Å²) in [4.78, 5) is 10.4. The quantitative estimate of drug-likeness (QED) is 0.164. The van der Waals surface area contributed by atoms with E-state index in [1.165, 1.54) is 6.33 Å². The van der Waals surface area contributed by atoms with Crippen molar-refractivity contribution in [2.45, 2.75) is 24.0 Å². The number of benzene rings is 3. The normalized spacial score (nSPS) is 16.3. The third kappa shape index (κ3) is 5.28. The van der Waals surface area contributed by atoms with Crippen LogP contribution in [0.5, 0.6) is 5.75 Å². The third-order valence-corrected chi connectivity index (χ3v) is 9.96. The minimum Gasteiger partial charge on any atom is -0.497 e. The molecule has 1 fully saturated rings. The summed E-state index contributed by atoms with van der Waals surface area (Å²) in [6, 6.07) is 11.8. The predicted octanol–water partition coefficient (Wildman–Crippen LogP) is 5.29. The highest BCUT2D eigenvalue weighted by Crippen LogP contribution is 2.41. The maximum absolute atomic E-state index is 14.6. The molecule has 8 nitrogen and oxygen atoms in total. The van der Waals surface area contributed by atoms with Crippen LogP contribution >= 0.6 is 0 Å². The average Bonchev–Trinajstić information content (AvgIpc) is 3.03. The van der Waals surface area contributed by atoms with Gasteiger partial charge in [0.2, 0.25) is 10.0 Å². The Kier molecular flexibility index (Phi) is 7.75. The van der Waals surface area contributed by atoms with Gasteiger partial charge in [-0.15, -0.1) is 0 Å². The van der Waals surface area contributed by atoms with Gasteiger partial charge in [0.25, 0.3) is 0 Å². The zero-order valence-corrected chi connectivity index (χ0v) is 24.3. The maximum Gasteiger partial charge on any atom is 0.420 e. The standard InChI is InChI=1S/C29H24F7N5O3S/c1-44-17-12-16-4-2-3-5-18(16)21(13-17)40-7-6-19-20(14-40)37-15-38-28(19)39-8-10-41(11-9-39)45(42,43)27-22(29(34,35)36)23(30)24(31)25(32)26(27)33/h2-5,12-13,15H,6-11,14H2,1H3. The van der Waals surface area contributed by atoms with E-state index in [0.717, 1.165) is 27.7 Å². The highest BCUT2D eigenvalue weighted by Gasteiger charge is 2.47. The number of nitrogens with zero attached hydrogens (tertiary/aromatic N) is 5. The summed E-state index contributed by atoms with van der Waals surface area (Å²) in [7, 11) is -3.85. The van der Waals surface area contributed by atoms with Crippen LogP contribution in [0.2, 0.25) is 0 Å². The Balaban J connectivity index is 1.25. The molecule has 0 unspecified atom stereocenters. The van der Waals surface area contributed by atoms with Crippen LogP contribution in [0.4, 0.5) is 42.2 Å². The van der Waals surface area contributed by atoms with E-state index < -0.39 is 63.0 Å². The molecule has 45 heavy (non-hydrogen) atoms. The number of piperazine rings is 1. The Labute approximate surface area is 252 Å². The fraction of sp³-hybridized carbons (Fsp3) is 0.310. The van der Waals surface area contributed by atoms with E-state index in [1.54, 1.807) is 12.0 Å². The summed E-state index contributed by atoms with van der Waals surface area (Å²) >= 11 is 0. The smallest absolute Gasteiger partial charge is 0.420 e. The van der Waals surface area contributed by atoms with Crippen LogP contribution in [0.15, 0.2) is 47.6 Å². The summed E-state index contributed by atoms with van der Waals surface area (Å²) in [6.45, 7) is -0.0670. The molecule has 2 aliphatic rings. The third-order valence-electron chi connectivity index (χ3n) is 8.02. The van der Waals surface area contributed by atoms with Crippen LogP contribution in [-0.2, 0) is 29.2 Å². The van der Waals surface area contributed by atoms with Crippen molar-refractivity contribution in [2.24, 2.45) is 0 Å². The SMILES string of the molecule is COc1cc(N2CCc3c(ncnc3N3CCN(S(=O)(=O)c4c(F)c(F)c(F)c(F)c4C(F)(F)F)CC3)C2)c2ccccc2c1. The van der Waals surface area contributed by atoms with E-state index in [4.69, 9.17) is 4.74 Å². The van der Waals surface area contributed by atoms with Gasteiger partial charge < -0.3 is 14.5 Å². The Morgan fingerprint density at radius 2 is 1.53 bits per heavy atom. The molecule has 3 heterocycles. The second-order valence-corrected chi connectivity index (χ2v) is 12.4. The molecule has 0 amide bonds. The van der Waals surface area contributed by atoms with Crippen molar-refractivity contribution in [1.29, 1.82) is 0 Å². The molecule has 16 heteroatoms. The summed E-state index contributed by atoms with van der Waals surface area (Å²) < 4.78 is 129. The summed E-state index contributed by atoms with van der Waals surface area (Å²) in [6.07, 6.45) is -3.95. The molecule has 0 spiro atoms. The van der Waals surface area contributed by atoms with Gasteiger partial charge in [0.1, 0.15) is 28.4 Å². The minimum absolute atomic E-state index is 0.0813. The van der Waals surface area contributed by atoms with Crippen LogP contribution in [0.25, 0.3) is 10.8 Å². The van der Waals surface area contributed by atoms with Crippen molar-refractivity contribution in [1.82, 2.24) is 14.3 Å². The van der Waals surface area contributed by atoms with Crippen LogP contribution in [-0.4, -0.2) is 62.5 Å². The Bertz CT molecular complexity index is 1920. The number of alkyl halides is 3. The number of ether oxygens (including phenoxy) is 1. The number of halogens is 7. The van der Waals surface area contributed by atoms with Crippen LogP contribution in [0.3, 0.4) is 0 Å². The molecule has 0 aliphatic carbocycles. The molecule has 2 aliphatic heterocycles. The van der Waals surface area contributed by atoms with E-state index in [1.807, 2.05) is 36.4 Å². The van der Waals surface area contributed by atoms with Gasteiger partial charge >= 0.3 is 6.18 Å². The minimum atomic E-state index is -5.82. The first-order valence-electron chi connectivity index (χ1n) is 13.7. The number of anilines is 2. The van der Waals surface area contributed by atoms with Gasteiger partial charge in [0.15, 0.2) is 23.3 Å². The zero-order valence-electron chi connectivity index (χ0n) is 23.5. The van der Waals surface area contributed by atoms with E-state index in [0.29, 0.717) is 35.4 Å². The highest BCUT2D eigenvalue weighted by atomic mass is 32.2. The van der Waals surface area contributed by atoms with E-state index >= 15 is 0 Å². The topological polar surface area (TPSA) is 78.9 Å². The first-order valence-corrected chi connectivity index (χ1v) is 15.1. The van der Waals surface area contributed by atoms with Crippen molar-refractivity contribution < 1.29 is 43.9 Å². The Morgan fingerprint density at radius 1 is 0.844 bits per heavy atom. The Morgan fingerprint density at radius 3 is 2.22 bits per heavy atom. The number of rotatable bonds is 5. The van der Waals surface area contributed by atoms with Crippen LogP contribution in [0, 0.1) is 23.3 Å². The summed E-state index contributed by atoms with van der Waals surface area (Å²) in [5, 5.41) is 2.03. The van der Waals surface area contributed by atoms with Crippen LogP contribution in [0.1, 0.15) is 16.8 Å². The molecule has 1 aromatic heterocycles. The van der Waals surface area contributed by atoms with Gasteiger partial charge in [-0.1, -0.05) is 24.3 Å².